The van der Waals surface area contributed by atoms with Gasteiger partial charge < -0.3 is 24.4 Å². The Labute approximate surface area is 220 Å². The van der Waals surface area contributed by atoms with Gasteiger partial charge in [0.05, 0.1) is 26.5 Å². The number of rotatable bonds is 10. The van der Waals surface area contributed by atoms with Gasteiger partial charge >= 0.3 is 0 Å². The van der Waals surface area contributed by atoms with Crippen molar-refractivity contribution in [1.82, 2.24) is 15.6 Å². The highest BCUT2D eigenvalue weighted by atomic mass is 35.5. The predicted octanol–water partition coefficient (Wildman–Crippen LogP) is 2.49. The van der Waals surface area contributed by atoms with Gasteiger partial charge in [-0.2, -0.15) is 5.10 Å². The Kier molecular flexibility index (Phi) is 10.3. The minimum absolute atomic E-state index is 0.114. The fraction of sp³-hybridized carbons (Fsp3) is 0.385. The second-order valence-electron chi connectivity index (χ2n) is 8.63. The zero-order chi connectivity index (χ0) is 26.8. The minimum Gasteiger partial charge on any atom is -0.493 e. The molecule has 0 bridgehead atoms. The molecule has 3 amide bonds. The lowest BCUT2D eigenvalue weighted by Crippen LogP contribution is -2.48. The summed E-state index contributed by atoms with van der Waals surface area (Å²) in [5.41, 5.74) is 3.46. The number of hydrogen-bond donors (Lipinski definition) is 2. The molecule has 2 aromatic carbocycles. The van der Waals surface area contributed by atoms with E-state index in [1.807, 2.05) is 13.8 Å². The quantitative estimate of drug-likeness (QED) is 0.360. The molecule has 0 aliphatic carbocycles. The molecule has 1 aliphatic heterocycles. The van der Waals surface area contributed by atoms with Crippen molar-refractivity contribution < 1.29 is 28.6 Å². The van der Waals surface area contributed by atoms with E-state index in [4.69, 9.17) is 25.8 Å². The fourth-order valence-corrected chi connectivity index (χ4v) is 3.75. The highest BCUT2D eigenvalue weighted by Gasteiger charge is 2.24. The van der Waals surface area contributed by atoms with E-state index in [9.17, 15) is 14.4 Å². The highest BCUT2D eigenvalue weighted by Crippen LogP contribution is 2.27. The van der Waals surface area contributed by atoms with Crippen LogP contribution in [0.5, 0.6) is 11.5 Å². The van der Waals surface area contributed by atoms with Crippen LogP contribution in [0.15, 0.2) is 47.6 Å². The van der Waals surface area contributed by atoms with Crippen LogP contribution in [-0.4, -0.2) is 74.9 Å². The Bertz CT molecular complexity index is 1130. The first-order chi connectivity index (χ1) is 17.8. The standard InChI is InChI=1S/C26H31ClN4O6/c1-17(2)24(29-25(33)19-5-4-6-20(27)14-19)26(34)30-28-15-18-7-8-21(22(13-18)35-3)37-16-23(32)31-9-11-36-12-10-31/h4-8,13-15,17,24H,9-12,16H2,1-3H3,(H,29,33)(H,30,34)/b28-15+. The maximum atomic E-state index is 12.7. The summed E-state index contributed by atoms with van der Waals surface area (Å²) in [6.07, 6.45) is 1.44. The van der Waals surface area contributed by atoms with Gasteiger partial charge in [0, 0.05) is 23.7 Å². The number of hydrogen-bond acceptors (Lipinski definition) is 7. The number of nitrogens with one attached hydrogen (secondary N) is 2. The van der Waals surface area contributed by atoms with Crippen molar-refractivity contribution in [3.8, 4) is 11.5 Å². The van der Waals surface area contributed by atoms with Gasteiger partial charge in [-0.15, -0.1) is 0 Å². The van der Waals surface area contributed by atoms with Crippen LogP contribution in [0.3, 0.4) is 0 Å². The molecule has 0 saturated carbocycles. The lowest BCUT2D eigenvalue weighted by atomic mass is 10.0. The largest absolute Gasteiger partial charge is 0.493 e. The minimum atomic E-state index is -0.807. The van der Waals surface area contributed by atoms with Crippen LogP contribution in [0.25, 0.3) is 0 Å². The number of morpholine rings is 1. The average molecular weight is 531 g/mol. The molecule has 1 fully saturated rings. The van der Waals surface area contributed by atoms with E-state index in [1.165, 1.54) is 19.4 Å². The van der Waals surface area contributed by atoms with E-state index in [1.54, 1.807) is 41.3 Å². The van der Waals surface area contributed by atoms with E-state index >= 15 is 0 Å². The molecular weight excluding hydrogens is 500 g/mol. The van der Waals surface area contributed by atoms with Crippen LogP contribution in [0.1, 0.15) is 29.8 Å². The third kappa shape index (κ3) is 8.19. The van der Waals surface area contributed by atoms with Crippen LogP contribution in [0.2, 0.25) is 5.02 Å². The van der Waals surface area contributed by atoms with Crippen molar-refractivity contribution in [2.24, 2.45) is 11.0 Å². The van der Waals surface area contributed by atoms with E-state index in [0.717, 1.165) is 0 Å². The summed E-state index contributed by atoms with van der Waals surface area (Å²) in [5.74, 6) is -0.355. The molecule has 37 heavy (non-hydrogen) atoms. The summed E-state index contributed by atoms with van der Waals surface area (Å²) in [4.78, 5) is 39.3. The second kappa shape index (κ2) is 13.6. The van der Waals surface area contributed by atoms with Gasteiger partial charge in [-0.1, -0.05) is 31.5 Å². The fourth-order valence-electron chi connectivity index (χ4n) is 3.56. The van der Waals surface area contributed by atoms with Crippen molar-refractivity contribution >= 4 is 35.5 Å². The van der Waals surface area contributed by atoms with Gasteiger partial charge in [0.15, 0.2) is 18.1 Å². The second-order valence-corrected chi connectivity index (χ2v) is 9.07. The van der Waals surface area contributed by atoms with Gasteiger partial charge in [-0.3, -0.25) is 14.4 Å². The van der Waals surface area contributed by atoms with Gasteiger partial charge in [0.1, 0.15) is 6.04 Å². The van der Waals surface area contributed by atoms with Crippen molar-refractivity contribution in [3.63, 3.8) is 0 Å². The summed E-state index contributed by atoms with van der Waals surface area (Å²) >= 11 is 5.96. The summed E-state index contributed by atoms with van der Waals surface area (Å²) in [6, 6.07) is 10.7. The van der Waals surface area contributed by atoms with E-state index in [0.29, 0.717) is 54.0 Å². The highest BCUT2D eigenvalue weighted by molar-refractivity contribution is 6.31. The molecule has 0 radical (unpaired) electrons. The monoisotopic (exact) mass is 530 g/mol. The van der Waals surface area contributed by atoms with Crippen LogP contribution in [0, 0.1) is 5.92 Å². The lowest BCUT2D eigenvalue weighted by Gasteiger charge is -2.26. The molecule has 0 aromatic heterocycles. The molecular formula is C26H31ClN4O6. The number of carbonyl (C=O) groups excluding carboxylic acids is 3. The summed E-state index contributed by atoms with van der Waals surface area (Å²) < 4.78 is 16.3. The molecule has 1 atom stereocenters. The third-order valence-electron chi connectivity index (χ3n) is 5.61. The number of amides is 3. The topological polar surface area (TPSA) is 119 Å². The first kappa shape index (κ1) is 27.9. The molecule has 11 heteroatoms. The first-order valence-electron chi connectivity index (χ1n) is 11.8. The van der Waals surface area contributed by atoms with Gasteiger partial charge in [0.25, 0.3) is 17.7 Å². The number of ether oxygens (including phenoxy) is 3. The molecule has 1 aliphatic rings. The Morgan fingerprint density at radius 1 is 1.14 bits per heavy atom. The van der Waals surface area contributed by atoms with Gasteiger partial charge in [-0.05, 0) is 47.9 Å². The maximum absolute atomic E-state index is 12.7. The molecule has 3 rings (SSSR count). The van der Waals surface area contributed by atoms with E-state index in [-0.39, 0.29) is 18.4 Å². The van der Waals surface area contributed by atoms with Gasteiger partial charge in [-0.25, -0.2) is 5.43 Å². The smallest absolute Gasteiger partial charge is 0.262 e. The molecule has 10 nitrogen and oxygen atoms in total. The van der Waals surface area contributed by atoms with Crippen LogP contribution in [0.4, 0.5) is 0 Å². The Hall–Kier alpha value is -3.63. The molecule has 0 spiro atoms. The zero-order valence-electron chi connectivity index (χ0n) is 21.0. The predicted molar refractivity (Wildman–Crippen MR) is 139 cm³/mol. The molecule has 2 aromatic rings. The van der Waals surface area contributed by atoms with Crippen molar-refractivity contribution in [3.05, 3.63) is 58.6 Å². The number of carbonyl (C=O) groups is 3. The molecule has 1 unspecified atom stereocenters. The molecule has 198 valence electrons. The van der Waals surface area contributed by atoms with E-state index in [2.05, 4.69) is 15.8 Å². The number of nitrogens with zero attached hydrogens (tertiary/aromatic N) is 2. The molecule has 1 saturated heterocycles. The normalized spacial score (nSPS) is 14.4. The summed E-state index contributed by atoms with van der Waals surface area (Å²) in [6.45, 7) is 5.65. The van der Waals surface area contributed by atoms with Crippen molar-refractivity contribution in [2.75, 3.05) is 40.0 Å². The number of halogens is 1. The first-order valence-corrected chi connectivity index (χ1v) is 12.2. The van der Waals surface area contributed by atoms with Crippen molar-refractivity contribution in [1.29, 1.82) is 0 Å². The van der Waals surface area contributed by atoms with Crippen LogP contribution in [-0.2, 0) is 14.3 Å². The molecule has 1 heterocycles. The SMILES string of the molecule is COc1cc(/C=N/NC(=O)C(NC(=O)c2cccc(Cl)c2)C(C)C)ccc1OCC(=O)N1CCOCC1. The molecule has 2 N–H and O–H groups in total. The van der Waals surface area contributed by atoms with E-state index < -0.39 is 17.9 Å². The van der Waals surface area contributed by atoms with Crippen LogP contribution < -0.4 is 20.2 Å². The maximum Gasteiger partial charge on any atom is 0.262 e. The number of methoxy groups -OCH3 is 1. The summed E-state index contributed by atoms with van der Waals surface area (Å²) in [7, 11) is 1.49. The van der Waals surface area contributed by atoms with Crippen molar-refractivity contribution in [2.45, 2.75) is 19.9 Å². The average Bonchev–Trinajstić information content (AvgIpc) is 2.90. The Morgan fingerprint density at radius 3 is 2.57 bits per heavy atom. The summed E-state index contributed by atoms with van der Waals surface area (Å²) in [5, 5.41) is 7.17. The third-order valence-corrected chi connectivity index (χ3v) is 5.85. The Balaban J connectivity index is 1.57. The zero-order valence-corrected chi connectivity index (χ0v) is 21.8. The van der Waals surface area contributed by atoms with Gasteiger partial charge in [0.2, 0.25) is 0 Å². The lowest BCUT2D eigenvalue weighted by molar-refractivity contribution is -0.137. The number of hydrazone groups is 1. The van der Waals surface area contributed by atoms with Crippen LogP contribution >= 0.6 is 11.6 Å². The number of benzene rings is 2. The Morgan fingerprint density at radius 2 is 1.89 bits per heavy atom.